The van der Waals surface area contributed by atoms with Crippen LogP contribution < -0.4 is 4.74 Å². The van der Waals surface area contributed by atoms with Gasteiger partial charge in [-0.15, -0.1) is 0 Å². The van der Waals surface area contributed by atoms with Crippen molar-refractivity contribution >= 4 is 21.6 Å². The van der Waals surface area contributed by atoms with Gasteiger partial charge in [0, 0.05) is 7.05 Å². The summed E-state index contributed by atoms with van der Waals surface area (Å²) in [5.74, 6) is 0.427. The molecule has 1 aromatic rings. The molecule has 1 N–H and O–H groups in total. The summed E-state index contributed by atoms with van der Waals surface area (Å²) in [5, 5.41) is 10.3. The van der Waals surface area contributed by atoms with E-state index in [2.05, 4.69) is 0 Å². The smallest absolute Gasteiger partial charge is 0.243 e. The molecule has 0 aromatic heterocycles. The molecule has 1 aromatic carbocycles. The highest BCUT2D eigenvalue weighted by Gasteiger charge is 2.34. The van der Waals surface area contributed by atoms with Gasteiger partial charge in [0.25, 0.3) is 0 Å². The second kappa shape index (κ2) is 6.52. The highest BCUT2D eigenvalue weighted by molar-refractivity contribution is 7.89. The number of ether oxygens (including phenoxy) is 1. The van der Waals surface area contributed by atoms with Crippen molar-refractivity contribution in [2.24, 2.45) is 0 Å². The average Bonchev–Trinajstić information content (AvgIpc) is 2.47. The van der Waals surface area contributed by atoms with E-state index in [1.165, 1.54) is 36.7 Å². The van der Waals surface area contributed by atoms with Crippen LogP contribution in [-0.4, -0.2) is 44.1 Å². The molecule has 5 nitrogen and oxygen atoms in total. The Labute approximate surface area is 130 Å². The van der Waals surface area contributed by atoms with Crippen LogP contribution in [-0.2, 0) is 10.0 Å². The molecule has 21 heavy (non-hydrogen) atoms. The number of aliphatic hydroxyl groups is 1. The number of benzene rings is 1. The predicted octanol–water partition coefficient (Wildman–Crippen LogP) is 2.27. The fourth-order valence-corrected chi connectivity index (χ4v) is 4.43. The molecule has 0 radical (unpaired) electrons. The molecule has 118 valence electrons. The number of methoxy groups -OCH3 is 1. The van der Waals surface area contributed by atoms with Crippen molar-refractivity contribution < 1.29 is 18.3 Å². The summed E-state index contributed by atoms with van der Waals surface area (Å²) in [6.07, 6.45) is 2.53. The van der Waals surface area contributed by atoms with Crippen molar-refractivity contribution in [1.82, 2.24) is 4.31 Å². The van der Waals surface area contributed by atoms with Gasteiger partial charge in [-0.1, -0.05) is 24.4 Å². The first-order chi connectivity index (χ1) is 9.87. The van der Waals surface area contributed by atoms with Crippen LogP contribution in [0.5, 0.6) is 5.75 Å². The molecule has 2 rings (SSSR count). The van der Waals surface area contributed by atoms with Crippen molar-refractivity contribution in [2.45, 2.75) is 42.7 Å². The zero-order chi connectivity index (χ0) is 15.6. The Morgan fingerprint density at radius 3 is 2.57 bits per heavy atom. The normalized spacial score (nSPS) is 23.3. The molecule has 0 unspecified atom stereocenters. The second-order valence-electron chi connectivity index (χ2n) is 5.24. The van der Waals surface area contributed by atoms with Gasteiger partial charge in [-0.25, -0.2) is 8.42 Å². The second-order valence-corrected chi connectivity index (χ2v) is 7.64. The van der Waals surface area contributed by atoms with Crippen LogP contribution in [0.3, 0.4) is 0 Å². The highest BCUT2D eigenvalue weighted by Crippen LogP contribution is 2.31. The van der Waals surface area contributed by atoms with E-state index in [-0.39, 0.29) is 16.0 Å². The predicted molar refractivity (Wildman–Crippen MR) is 81.2 cm³/mol. The molecule has 1 aliphatic carbocycles. The van der Waals surface area contributed by atoms with Crippen LogP contribution in [0.15, 0.2) is 23.1 Å². The summed E-state index contributed by atoms with van der Waals surface area (Å²) >= 11 is 6.00. The number of halogens is 1. The minimum Gasteiger partial charge on any atom is -0.495 e. The lowest BCUT2D eigenvalue weighted by Gasteiger charge is -2.34. The lowest BCUT2D eigenvalue weighted by atomic mass is 9.93. The minimum absolute atomic E-state index is 0.105. The summed E-state index contributed by atoms with van der Waals surface area (Å²) < 4.78 is 31.6. The Morgan fingerprint density at radius 2 is 2.00 bits per heavy atom. The van der Waals surface area contributed by atoms with E-state index in [4.69, 9.17) is 16.3 Å². The molecule has 2 atom stereocenters. The number of sulfonamides is 1. The largest absolute Gasteiger partial charge is 0.495 e. The zero-order valence-electron chi connectivity index (χ0n) is 12.1. The standard InChI is InChI=1S/C14H20ClNO4S/c1-16(12-5-3-4-6-13(12)17)21(18,19)10-7-8-14(20-2)11(15)9-10/h7-9,12-13,17H,3-6H2,1-2H3/t12-,13+/m0/s1. The number of rotatable bonds is 4. The fraction of sp³-hybridized carbons (Fsp3) is 0.571. The van der Waals surface area contributed by atoms with E-state index in [1.54, 1.807) is 0 Å². The molecule has 7 heteroatoms. The molecule has 0 heterocycles. The number of hydrogen-bond acceptors (Lipinski definition) is 4. The first-order valence-corrected chi connectivity index (χ1v) is 8.69. The Morgan fingerprint density at radius 1 is 1.33 bits per heavy atom. The van der Waals surface area contributed by atoms with Gasteiger partial charge < -0.3 is 9.84 Å². The highest BCUT2D eigenvalue weighted by atomic mass is 35.5. The van der Waals surface area contributed by atoms with Gasteiger partial charge >= 0.3 is 0 Å². The van der Waals surface area contributed by atoms with Crippen molar-refractivity contribution in [2.75, 3.05) is 14.2 Å². The number of aliphatic hydroxyl groups excluding tert-OH is 1. The van der Waals surface area contributed by atoms with E-state index in [1.807, 2.05) is 0 Å². The quantitative estimate of drug-likeness (QED) is 0.918. The molecule has 1 aliphatic rings. The van der Waals surface area contributed by atoms with Crippen LogP contribution >= 0.6 is 11.6 Å². The van der Waals surface area contributed by atoms with Gasteiger partial charge in [0.2, 0.25) is 10.0 Å². The van der Waals surface area contributed by atoms with Crippen molar-refractivity contribution in [3.8, 4) is 5.75 Å². The lowest BCUT2D eigenvalue weighted by Crippen LogP contribution is -2.46. The molecule has 1 fully saturated rings. The molecule has 0 saturated heterocycles. The van der Waals surface area contributed by atoms with E-state index < -0.39 is 16.1 Å². The maximum Gasteiger partial charge on any atom is 0.243 e. The van der Waals surface area contributed by atoms with Gasteiger partial charge in [-0.2, -0.15) is 4.31 Å². The molecule has 1 saturated carbocycles. The van der Waals surface area contributed by atoms with Crippen LogP contribution in [0.2, 0.25) is 5.02 Å². The molecule has 0 aliphatic heterocycles. The van der Waals surface area contributed by atoms with Crippen LogP contribution in [0.4, 0.5) is 0 Å². The minimum atomic E-state index is -3.69. The average molecular weight is 334 g/mol. The van der Waals surface area contributed by atoms with E-state index in [0.717, 1.165) is 12.8 Å². The summed E-state index contributed by atoms with van der Waals surface area (Å²) in [6, 6.07) is 3.98. The lowest BCUT2D eigenvalue weighted by molar-refractivity contribution is 0.0638. The third-order valence-corrected chi connectivity index (χ3v) is 6.14. The number of hydrogen-bond donors (Lipinski definition) is 1. The van der Waals surface area contributed by atoms with Crippen LogP contribution in [0.25, 0.3) is 0 Å². The maximum atomic E-state index is 12.6. The van der Waals surface area contributed by atoms with Gasteiger partial charge in [0.15, 0.2) is 0 Å². The number of likely N-dealkylation sites (N-methyl/N-ethyl adjacent to an activating group) is 1. The Hall–Kier alpha value is -0.820. The van der Waals surface area contributed by atoms with E-state index >= 15 is 0 Å². The van der Waals surface area contributed by atoms with E-state index in [0.29, 0.717) is 18.6 Å². The van der Waals surface area contributed by atoms with Gasteiger partial charge in [-0.3, -0.25) is 0 Å². The molecular weight excluding hydrogens is 314 g/mol. The van der Waals surface area contributed by atoms with Crippen molar-refractivity contribution in [3.05, 3.63) is 23.2 Å². The Kier molecular flexibility index (Phi) is 5.14. The molecule has 0 spiro atoms. The SMILES string of the molecule is COc1ccc(S(=O)(=O)N(C)[C@H]2CCCC[C@H]2O)cc1Cl. The van der Waals surface area contributed by atoms with Gasteiger partial charge in [0.05, 0.1) is 29.2 Å². The molecular formula is C14H20ClNO4S. The maximum absolute atomic E-state index is 12.6. The molecule has 0 amide bonds. The first kappa shape index (κ1) is 16.5. The first-order valence-electron chi connectivity index (χ1n) is 6.87. The van der Waals surface area contributed by atoms with Crippen LogP contribution in [0, 0.1) is 0 Å². The summed E-state index contributed by atoms with van der Waals surface area (Å²) in [6.45, 7) is 0. The monoisotopic (exact) mass is 333 g/mol. The van der Waals surface area contributed by atoms with Gasteiger partial charge in [0.1, 0.15) is 5.75 Å². The third-order valence-electron chi connectivity index (χ3n) is 3.96. The third kappa shape index (κ3) is 3.34. The zero-order valence-corrected chi connectivity index (χ0v) is 13.7. The number of nitrogens with zero attached hydrogens (tertiary/aromatic N) is 1. The molecule has 0 bridgehead atoms. The summed E-state index contributed by atoms with van der Waals surface area (Å²) in [4.78, 5) is 0.105. The topological polar surface area (TPSA) is 66.8 Å². The summed E-state index contributed by atoms with van der Waals surface area (Å²) in [7, 11) is -0.707. The fourth-order valence-electron chi connectivity index (χ4n) is 2.67. The Bertz CT molecular complexity index is 605. The van der Waals surface area contributed by atoms with Crippen molar-refractivity contribution in [1.29, 1.82) is 0 Å². The Balaban J connectivity index is 2.30. The van der Waals surface area contributed by atoms with Crippen LogP contribution in [0.1, 0.15) is 25.7 Å². The summed E-state index contributed by atoms with van der Waals surface area (Å²) in [5.41, 5.74) is 0. The van der Waals surface area contributed by atoms with Crippen molar-refractivity contribution in [3.63, 3.8) is 0 Å². The van der Waals surface area contributed by atoms with Gasteiger partial charge in [-0.05, 0) is 31.0 Å². The van der Waals surface area contributed by atoms with E-state index in [9.17, 15) is 13.5 Å².